The van der Waals surface area contributed by atoms with E-state index in [1.807, 2.05) is 36.4 Å². The number of carbonyl (C=O) groups is 1. The van der Waals surface area contributed by atoms with Crippen molar-refractivity contribution in [1.29, 1.82) is 0 Å². The van der Waals surface area contributed by atoms with Crippen molar-refractivity contribution in [1.82, 2.24) is 15.6 Å². The number of amides is 1. The van der Waals surface area contributed by atoms with Gasteiger partial charge in [0.2, 0.25) is 5.91 Å². The molecule has 114 valence electrons. The van der Waals surface area contributed by atoms with Crippen molar-refractivity contribution in [2.24, 2.45) is 0 Å². The monoisotopic (exact) mass is 295 g/mol. The fraction of sp³-hybridized carbons (Fsp3) is 0.333. The quantitative estimate of drug-likeness (QED) is 0.889. The zero-order valence-corrected chi connectivity index (χ0v) is 12.5. The maximum atomic E-state index is 12.4. The van der Waals surface area contributed by atoms with Crippen molar-refractivity contribution in [3.63, 3.8) is 0 Å². The molecule has 2 N–H and O–H groups in total. The normalized spacial score (nSPS) is 18.8. The average molecular weight is 295 g/mol. The molecule has 2 heterocycles. The number of rotatable bonds is 5. The molecule has 1 aliphatic heterocycles. The summed E-state index contributed by atoms with van der Waals surface area (Å²) >= 11 is 0. The van der Waals surface area contributed by atoms with Crippen LogP contribution in [0.25, 0.3) is 0 Å². The van der Waals surface area contributed by atoms with E-state index in [4.69, 9.17) is 0 Å². The number of carbonyl (C=O) groups excluding carboxylic acids is 1. The fourth-order valence-electron chi connectivity index (χ4n) is 2.85. The Balaban J connectivity index is 1.75. The lowest BCUT2D eigenvalue weighted by Gasteiger charge is -2.21. The lowest BCUT2D eigenvalue weighted by molar-refractivity contribution is -0.123. The van der Waals surface area contributed by atoms with Gasteiger partial charge in [0.1, 0.15) is 0 Å². The second-order valence-corrected chi connectivity index (χ2v) is 5.65. The van der Waals surface area contributed by atoms with Gasteiger partial charge < -0.3 is 10.6 Å². The molecule has 4 nitrogen and oxygen atoms in total. The van der Waals surface area contributed by atoms with Crippen LogP contribution in [0.15, 0.2) is 54.7 Å². The average Bonchev–Trinajstić information content (AvgIpc) is 3.11. The van der Waals surface area contributed by atoms with Crippen LogP contribution in [0.5, 0.6) is 0 Å². The fourth-order valence-corrected chi connectivity index (χ4v) is 2.85. The number of pyridine rings is 1. The van der Waals surface area contributed by atoms with Gasteiger partial charge in [0, 0.05) is 18.3 Å². The van der Waals surface area contributed by atoms with Gasteiger partial charge in [-0.3, -0.25) is 9.78 Å². The molecule has 0 bridgehead atoms. The van der Waals surface area contributed by atoms with Crippen molar-refractivity contribution in [3.05, 3.63) is 66.0 Å². The van der Waals surface area contributed by atoms with Crippen molar-refractivity contribution < 1.29 is 4.79 Å². The van der Waals surface area contributed by atoms with Crippen LogP contribution < -0.4 is 10.6 Å². The van der Waals surface area contributed by atoms with Gasteiger partial charge >= 0.3 is 0 Å². The first-order valence-electron chi connectivity index (χ1n) is 7.81. The molecule has 3 rings (SSSR count). The van der Waals surface area contributed by atoms with Crippen LogP contribution >= 0.6 is 0 Å². The van der Waals surface area contributed by atoms with Crippen LogP contribution in [0.4, 0.5) is 0 Å². The summed E-state index contributed by atoms with van der Waals surface area (Å²) in [6, 6.07) is 15.9. The number of nitrogens with zero attached hydrogens (tertiary/aromatic N) is 1. The Labute approximate surface area is 131 Å². The molecule has 0 aliphatic carbocycles. The first-order chi connectivity index (χ1) is 10.8. The number of hydrogen-bond acceptors (Lipinski definition) is 3. The zero-order valence-electron chi connectivity index (χ0n) is 12.5. The van der Waals surface area contributed by atoms with Gasteiger partial charge in [0.15, 0.2) is 0 Å². The van der Waals surface area contributed by atoms with E-state index in [9.17, 15) is 4.79 Å². The molecular formula is C18H21N3O. The highest BCUT2D eigenvalue weighted by atomic mass is 16.2. The van der Waals surface area contributed by atoms with Crippen LogP contribution in [0, 0.1) is 0 Å². The molecule has 0 saturated carbocycles. The first kappa shape index (κ1) is 14.7. The molecule has 1 amide bonds. The van der Waals surface area contributed by atoms with Crippen LogP contribution in [-0.4, -0.2) is 23.5 Å². The molecule has 2 atom stereocenters. The third kappa shape index (κ3) is 3.71. The summed E-state index contributed by atoms with van der Waals surface area (Å²) in [6.45, 7) is 0.925. The Morgan fingerprint density at radius 3 is 2.73 bits per heavy atom. The molecule has 1 aromatic carbocycles. The second-order valence-electron chi connectivity index (χ2n) is 5.65. The Kier molecular flexibility index (Phi) is 4.81. The lowest BCUT2D eigenvalue weighted by atomic mass is 10.0. The van der Waals surface area contributed by atoms with E-state index >= 15 is 0 Å². The minimum Gasteiger partial charge on any atom is -0.348 e. The summed E-state index contributed by atoms with van der Waals surface area (Å²) in [7, 11) is 0. The summed E-state index contributed by atoms with van der Waals surface area (Å²) in [6.07, 6.45) is 4.46. The van der Waals surface area contributed by atoms with Crippen molar-refractivity contribution in [2.75, 3.05) is 6.54 Å². The van der Waals surface area contributed by atoms with Crippen LogP contribution in [-0.2, 0) is 11.2 Å². The highest BCUT2D eigenvalue weighted by molar-refractivity contribution is 5.82. The Morgan fingerprint density at radius 1 is 1.23 bits per heavy atom. The van der Waals surface area contributed by atoms with Crippen LogP contribution in [0.2, 0.25) is 0 Å². The zero-order chi connectivity index (χ0) is 15.2. The predicted molar refractivity (Wildman–Crippen MR) is 86.3 cm³/mol. The highest BCUT2D eigenvalue weighted by Gasteiger charge is 2.25. The smallest absolute Gasteiger partial charge is 0.237 e. The van der Waals surface area contributed by atoms with Crippen molar-refractivity contribution in [3.8, 4) is 0 Å². The Bertz CT molecular complexity index is 594. The van der Waals surface area contributed by atoms with Gasteiger partial charge in [-0.1, -0.05) is 36.4 Å². The molecule has 1 fully saturated rings. The number of hydrogen-bond donors (Lipinski definition) is 2. The van der Waals surface area contributed by atoms with Gasteiger partial charge in [0.25, 0.3) is 0 Å². The number of nitrogens with one attached hydrogen (secondary N) is 2. The van der Waals surface area contributed by atoms with E-state index in [1.54, 1.807) is 6.20 Å². The SMILES string of the molecule is O=C(N[C@@H](Cc1ccccn1)c1ccccc1)C1CCCN1. The highest BCUT2D eigenvalue weighted by Crippen LogP contribution is 2.18. The third-order valence-corrected chi connectivity index (χ3v) is 4.03. The Hall–Kier alpha value is -2.20. The van der Waals surface area contributed by atoms with Crippen LogP contribution in [0.1, 0.15) is 30.1 Å². The third-order valence-electron chi connectivity index (χ3n) is 4.03. The topological polar surface area (TPSA) is 54.0 Å². The number of benzene rings is 1. The first-order valence-corrected chi connectivity index (χ1v) is 7.81. The largest absolute Gasteiger partial charge is 0.348 e. The molecule has 2 aromatic rings. The van der Waals surface area contributed by atoms with Gasteiger partial charge in [0.05, 0.1) is 12.1 Å². The van der Waals surface area contributed by atoms with Gasteiger partial charge in [-0.05, 0) is 37.1 Å². The van der Waals surface area contributed by atoms with E-state index in [1.165, 1.54) is 0 Å². The Morgan fingerprint density at radius 2 is 2.05 bits per heavy atom. The van der Waals surface area contributed by atoms with Crippen molar-refractivity contribution in [2.45, 2.75) is 31.3 Å². The van der Waals surface area contributed by atoms with Crippen LogP contribution in [0.3, 0.4) is 0 Å². The molecule has 1 aromatic heterocycles. The van der Waals surface area contributed by atoms with E-state index < -0.39 is 0 Å². The van der Waals surface area contributed by atoms with E-state index in [-0.39, 0.29) is 18.0 Å². The minimum atomic E-state index is -0.0602. The summed E-state index contributed by atoms with van der Waals surface area (Å²) in [4.78, 5) is 16.8. The predicted octanol–water partition coefficient (Wildman–Crippen LogP) is 2.23. The molecule has 1 saturated heterocycles. The molecule has 0 radical (unpaired) electrons. The molecule has 4 heteroatoms. The molecule has 0 spiro atoms. The molecular weight excluding hydrogens is 274 g/mol. The molecule has 22 heavy (non-hydrogen) atoms. The summed E-state index contributed by atoms with van der Waals surface area (Å²) in [5.41, 5.74) is 2.09. The van der Waals surface area contributed by atoms with E-state index in [2.05, 4.69) is 27.8 Å². The maximum Gasteiger partial charge on any atom is 0.237 e. The van der Waals surface area contributed by atoms with Gasteiger partial charge in [-0.25, -0.2) is 0 Å². The summed E-state index contributed by atoms with van der Waals surface area (Å²) in [5, 5.41) is 6.43. The standard InChI is InChI=1S/C18H21N3O/c22-18(16-10-6-12-20-16)21-17(14-7-2-1-3-8-14)13-15-9-4-5-11-19-15/h1-5,7-9,11,16-17,20H,6,10,12-13H2,(H,21,22)/t16?,17-/m0/s1. The van der Waals surface area contributed by atoms with Gasteiger partial charge in [-0.15, -0.1) is 0 Å². The molecule has 1 unspecified atom stereocenters. The second kappa shape index (κ2) is 7.18. The number of aromatic nitrogens is 1. The van der Waals surface area contributed by atoms with Gasteiger partial charge in [-0.2, -0.15) is 0 Å². The lowest BCUT2D eigenvalue weighted by Crippen LogP contribution is -2.42. The maximum absolute atomic E-state index is 12.4. The van der Waals surface area contributed by atoms with Crippen molar-refractivity contribution >= 4 is 5.91 Å². The summed E-state index contributed by atoms with van der Waals surface area (Å²) < 4.78 is 0. The van der Waals surface area contributed by atoms with E-state index in [0.717, 1.165) is 30.6 Å². The molecule has 1 aliphatic rings. The minimum absolute atomic E-state index is 0.0500. The van der Waals surface area contributed by atoms with E-state index in [0.29, 0.717) is 6.42 Å². The summed E-state index contributed by atoms with van der Waals surface area (Å²) in [5.74, 6) is 0.0854.